The third-order valence-corrected chi connectivity index (χ3v) is 10.7. The van der Waals surface area contributed by atoms with Crippen LogP contribution in [0.25, 0.3) is 98.4 Å². The molecule has 0 aliphatic rings. The zero-order chi connectivity index (χ0) is 34.3. The van der Waals surface area contributed by atoms with Crippen molar-refractivity contribution in [1.29, 1.82) is 0 Å². The number of hydrogen-bond acceptors (Lipinski definition) is 1. The fourth-order valence-electron chi connectivity index (χ4n) is 8.81. The summed E-state index contributed by atoms with van der Waals surface area (Å²) < 4.78 is 7.01. The Kier molecular flexibility index (Phi) is 6.51. The van der Waals surface area contributed by atoms with E-state index < -0.39 is 0 Å². The van der Waals surface area contributed by atoms with Gasteiger partial charge < -0.3 is 4.42 Å². The summed E-state index contributed by atoms with van der Waals surface area (Å²) >= 11 is 0. The van der Waals surface area contributed by atoms with Crippen molar-refractivity contribution >= 4 is 65.0 Å². The Morgan fingerprint density at radius 1 is 0.353 bits per heavy atom. The van der Waals surface area contributed by atoms with Crippen molar-refractivity contribution in [2.45, 2.75) is 26.2 Å². The second-order valence-corrected chi connectivity index (χ2v) is 14.8. The van der Waals surface area contributed by atoms with Crippen LogP contribution in [0, 0.1) is 0 Å². The number of benzene rings is 9. The van der Waals surface area contributed by atoms with Crippen molar-refractivity contribution in [3.8, 4) is 33.4 Å². The lowest BCUT2D eigenvalue weighted by Crippen LogP contribution is -2.13. The summed E-state index contributed by atoms with van der Waals surface area (Å²) in [6.07, 6.45) is 0. The standard InChI is InChI=1S/C50H36O/c1-50(2,3)48-38-25-13-11-23-36(38)45(37-24-12-14-26-39(37)48)40-27-16-30-43-47(40)42-29-15-28-41(49(42)51-43)46-34-21-9-7-19-32(34)44(31-17-5-4-6-18-31)33-20-8-10-22-35(33)46/h4-30H,1-3H3. The zero-order valence-electron chi connectivity index (χ0n) is 29.0. The maximum absolute atomic E-state index is 7.01. The molecule has 0 aliphatic heterocycles. The molecule has 9 aromatic carbocycles. The monoisotopic (exact) mass is 652 g/mol. The van der Waals surface area contributed by atoms with Crippen molar-refractivity contribution in [1.82, 2.24) is 0 Å². The molecule has 242 valence electrons. The number of rotatable bonds is 3. The van der Waals surface area contributed by atoms with Crippen LogP contribution in [-0.2, 0) is 5.41 Å². The topological polar surface area (TPSA) is 13.1 Å². The lowest BCUT2D eigenvalue weighted by Gasteiger charge is -2.26. The highest BCUT2D eigenvalue weighted by atomic mass is 16.3. The van der Waals surface area contributed by atoms with Crippen LogP contribution in [0.4, 0.5) is 0 Å². The number of para-hydroxylation sites is 1. The molecule has 10 aromatic rings. The molecule has 51 heavy (non-hydrogen) atoms. The van der Waals surface area contributed by atoms with Gasteiger partial charge in [-0.05, 0) is 82.4 Å². The van der Waals surface area contributed by atoms with Gasteiger partial charge in [0.25, 0.3) is 0 Å². The second-order valence-electron chi connectivity index (χ2n) is 14.8. The predicted octanol–water partition coefficient (Wildman–Crippen LogP) is 14.5. The minimum Gasteiger partial charge on any atom is -0.455 e. The number of fused-ring (bicyclic) bond motifs is 7. The van der Waals surface area contributed by atoms with Gasteiger partial charge in [0.2, 0.25) is 0 Å². The van der Waals surface area contributed by atoms with Crippen LogP contribution in [-0.4, -0.2) is 0 Å². The van der Waals surface area contributed by atoms with Crippen LogP contribution in [0.5, 0.6) is 0 Å². The van der Waals surface area contributed by atoms with Gasteiger partial charge in [-0.1, -0.05) is 178 Å². The van der Waals surface area contributed by atoms with Crippen LogP contribution in [0.15, 0.2) is 168 Å². The summed E-state index contributed by atoms with van der Waals surface area (Å²) in [5, 5.41) is 12.4. The Morgan fingerprint density at radius 3 is 1.31 bits per heavy atom. The molecule has 0 amide bonds. The largest absolute Gasteiger partial charge is 0.455 e. The van der Waals surface area contributed by atoms with E-state index >= 15 is 0 Å². The molecule has 0 atom stereocenters. The van der Waals surface area contributed by atoms with Crippen LogP contribution in [0.1, 0.15) is 26.3 Å². The molecule has 0 aliphatic carbocycles. The molecule has 1 heteroatoms. The first-order valence-electron chi connectivity index (χ1n) is 17.9. The lowest BCUT2D eigenvalue weighted by atomic mass is 9.77. The van der Waals surface area contributed by atoms with Gasteiger partial charge in [0.05, 0.1) is 0 Å². The van der Waals surface area contributed by atoms with E-state index in [2.05, 4.69) is 185 Å². The smallest absolute Gasteiger partial charge is 0.143 e. The van der Waals surface area contributed by atoms with E-state index in [9.17, 15) is 0 Å². The van der Waals surface area contributed by atoms with Crippen molar-refractivity contribution in [3.63, 3.8) is 0 Å². The third kappa shape index (κ3) is 4.41. The molecule has 0 N–H and O–H groups in total. The molecule has 0 radical (unpaired) electrons. The summed E-state index contributed by atoms with van der Waals surface area (Å²) in [4.78, 5) is 0. The molecular formula is C50H36O. The van der Waals surface area contributed by atoms with Gasteiger partial charge in [0.15, 0.2) is 0 Å². The molecule has 0 unspecified atom stereocenters. The van der Waals surface area contributed by atoms with Crippen molar-refractivity contribution in [2.24, 2.45) is 0 Å². The Balaban J connectivity index is 1.32. The Labute approximate surface area is 297 Å². The molecule has 0 bridgehead atoms. The molecular weight excluding hydrogens is 617 g/mol. The number of hydrogen-bond donors (Lipinski definition) is 0. The van der Waals surface area contributed by atoms with Gasteiger partial charge in [0.1, 0.15) is 11.2 Å². The highest BCUT2D eigenvalue weighted by Gasteiger charge is 2.26. The summed E-state index contributed by atoms with van der Waals surface area (Å²) in [5.41, 5.74) is 10.4. The first-order valence-corrected chi connectivity index (χ1v) is 17.9. The summed E-state index contributed by atoms with van der Waals surface area (Å²) in [6, 6.07) is 59.6. The molecule has 0 fully saturated rings. The van der Waals surface area contributed by atoms with E-state index in [4.69, 9.17) is 4.42 Å². The van der Waals surface area contributed by atoms with E-state index in [1.54, 1.807) is 0 Å². The normalized spacial score (nSPS) is 12.2. The highest BCUT2D eigenvalue weighted by molar-refractivity contribution is 6.27. The first kappa shape index (κ1) is 29.7. The van der Waals surface area contributed by atoms with Crippen LogP contribution in [0.2, 0.25) is 0 Å². The predicted molar refractivity (Wildman–Crippen MR) is 219 cm³/mol. The second kappa shape index (κ2) is 11.2. The first-order chi connectivity index (χ1) is 25.0. The fourth-order valence-corrected chi connectivity index (χ4v) is 8.81. The molecule has 1 aromatic heterocycles. The molecule has 1 nitrogen and oxygen atoms in total. The summed E-state index contributed by atoms with van der Waals surface area (Å²) in [5.74, 6) is 0. The van der Waals surface area contributed by atoms with Crippen LogP contribution in [0.3, 0.4) is 0 Å². The van der Waals surface area contributed by atoms with Crippen molar-refractivity contribution < 1.29 is 4.42 Å². The average Bonchev–Trinajstić information content (AvgIpc) is 3.55. The zero-order valence-corrected chi connectivity index (χ0v) is 29.0. The van der Waals surface area contributed by atoms with Crippen LogP contribution < -0.4 is 0 Å². The minimum atomic E-state index is -0.0252. The quantitative estimate of drug-likeness (QED) is 0.173. The Morgan fingerprint density at radius 2 is 0.765 bits per heavy atom. The van der Waals surface area contributed by atoms with E-state index in [1.807, 2.05) is 0 Å². The highest BCUT2D eigenvalue weighted by Crippen LogP contribution is 2.50. The SMILES string of the molecule is CC(C)(C)c1c2ccccc2c(-c2cccc3oc4c(-c5c6ccccc6c(-c6ccccc6)c6ccccc56)cccc4c23)c2ccccc12. The fraction of sp³-hybridized carbons (Fsp3) is 0.0800. The maximum atomic E-state index is 7.01. The van der Waals surface area contributed by atoms with E-state index in [-0.39, 0.29) is 5.41 Å². The van der Waals surface area contributed by atoms with Gasteiger partial charge in [-0.25, -0.2) is 0 Å². The van der Waals surface area contributed by atoms with Gasteiger partial charge in [-0.3, -0.25) is 0 Å². The van der Waals surface area contributed by atoms with Crippen molar-refractivity contribution in [3.05, 3.63) is 169 Å². The van der Waals surface area contributed by atoms with E-state index in [1.165, 1.54) is 76.5 Å². The van der Waals surface area contributed by atoms with Gasteiger partial charge in [-0.2, -0.15) is 0 Å². The number of furan rings is 1. The van der Waals surface area contributed by atoms with E-state index in [0.717, 1.165) is 27.5 Å². The third-order valence-electron chi connectivity index (χ3n) is 10.7. The Hall–Kier alpha value is -6.18. The van der Waals surface area contributed by atoms with E-state index in [0.29, 0.717) is 0 Å². The van der Waals surface area contributed by atoms with Gasteiger partial charge in [0, 0.05) is 21.9 Å². The Bertz CT molecular complexity index is 2880. The van der Waals surface area contributed by atoms with Gasteiger partial charge in [-0.15, -0.1) is 0 Å². The summed E-state index contributed by atoms with van der Waals surface area (Å²) in [6.45, 7) is 6.98. The molecule has 10 rings (SSSR count). The molecule has 0 saturated heterocycles. The van der Waals surface area contributed by atoms with Crippen LogP contribution >= 0.6 is 0 Å². The minimum absolute atomic E-state index is 0.0252. The maximum Gasteiger partial charge on any atom is 0.143 e. The van der Waals surface area contributed by atoms with Crippen molar-refractivity contribution in [2.75, 3.05) is 0 Å². The average molecular weight is 653 g/mol. The lowest BCUT2D eigenvalue weighted by molar-refractivity contribution is 0.601. The summed E-state index contributed by atoms with van der Waals surface area (Å²) in [7, 11) is 0. The van der Waals surface area contributed by atoms with Gasteiger partial charge >= 0.3 is 0 Å². The molecule has 1 heterocycles. The molecule has 0 saturated carbocycles. The molecule has 0 spiro atoms.